The van der Waals surface area contributed by atoms with Crippen LogP contribution in [0.1, 0.15) is 24.3 Å². The number of oxazole rings is 1. The van der Waals surface area contributed by atoms with Crippen LogP contribution >= 0.6 is 23.2 Å². The van der Waals surface area contributed by atoms with Crippen molar-refractivity contribution in [1.29, 1.82) is 0 Å². The molecule has 53 heavy (non-hydrogen) atoms. The van der Waals surface area contributed by atoms with Gasteiger partial charge in [0.15, 0.2) is 26.8 Å². The first-order valence-corrected chi connectivity index (χ1v) is 17.6. The van der Waals surface area contributed by atoms with E-state index in [-0.39, 0.29) is 30.0 Å². The number of hydrogen-bond donors (Lipinski definition) is 1. The molecule has 0 unspecified atom stereocenters. The van der Waals surface area contributed by atoms with E-state index in [0.717, 1.165) is 21.9 Å². The number of hydrogen-bond acceptors (Lipinski definition) is 8. The standard InChI is InChI=1S/C40H28Cl2FN3O7/c1-52-31-18-21(8-17-29(31)47)33-25-15-16-26-32(27(25)19-39(41)37(50)46(38(51)40(33,39)42)24-13-9-22(43)10-14-24)36(49)45(35(26)48)23-11-6-20(7-12-23)34-44-28-4-2-3-5-30(28)53-34/h2-15,17-18,26-27,32-33,47H,16,19H2,1H3/t26-,27+,32-,33-,39+,40-/m0/s1. The predicted octanol–water partition coefficient (Wildman–Crippen LogP) is 7.12. The molecule has 2 aliphatic carbocycles. The summed E-state index contributed by atoms with van der Waals surface area (Å²) in [4.78, 5) is 60.0. The van der Waals surface area contributed by atoms with E-state index in [2.05, 4.69) is 4.98 Å². The molecule has 4 aromatic carbocycles. The first kappa shape index (κ1) is 33.3. The van der Waals surface area contributed by atoms with Crippen LogP contribution < -0.4 is 14.5 Å². The van der Waals surface area contributed by atoms with E-state index in [4.69, 9.17) is 32.4 Å². The Labute approximate surface area is 311 Å². The fraction of sp³-hybridized carbons (Fsp3) is 0.225. The number of carbonyl (C=O) groups is 4. The third-order valence-corrected chi connectivity index (χ3v) is 12.5. The largest absolute Gasteiger partial charge is 0.504 e. The van der Waals surface area contributed by atoms with Crippen LogP contribution in [0.25, 0.3) is 22.6 Å². The number of ether oxygens (including phenoxy) is 1. The third kappa shape index (κ3) is 4.59. The van der Waals surface area contributed by atoms with Gasteiger partial charge in [-0.1, -0.05) is 29.8 Å². The number of phenols is 1. The van der Waals surface area contributed by atoms with Gasteiger partial charge in [0.25, 0.3) is 11.8 Å². The molecule has 0 radical (unpaired) electrons. The first-order chi connectivity index (χ1) is 25.5. The Kier molecular flexibility index (Phi) is 7.38. The highest BCUT2D eigenvalue weighted by Gasteiger charge is 2.76. The molecule has 5 aromatic rings. The summed E-state index contributed by atoms with van der Waals surface area (Å²) in [6, 6.07) is 23.4. The minimum Gasteiger partial charge on any atom is -0.504 e. The zero-order valence-electron chi connectivity index (χ0n) is 27.8. The number of anilines is 2. The maximum atomic E-state index is 14.6. The second-order valence-corrected chi connectivity index (χ2v) is 15.0. The summed E-state index contributed by atoms with van der Waals surface area (Å²) in [5.41, 5.74) is 3.38. The maximum absolute atomic E-state index is 14.6. The average molecular weight is 753 g/mol. The Morgan fingerprint density at radius 2 is 1.57 bits per heavy atom. The number of aromatic nitrogens is 1. The molecule has 3 heterocycles. The minimum absolute atomic E-state index is 0.0762. The van der Waals surface area contributed by atoms with Gasteiger partial charge in [-0.3, -0.25) is 24.1 Å². The highest BCUT2D eigenvalue weighted by Crippen LogP contribution is 2.66. The molecule has 0 bridgehead atoms. The number of imide groups is 2. The summed E-state index contributed by atoms with van der Waals surface area (Å²) in [5.74, 6) is -6.36. The van der Waals surface area contributed by atoms with Gasteiger partial charge in [0, 0.05) is 11.5 Å². The van der Waals surface area contributed by atoms with E-state index >= 15 is 0 Å². The van der Waals surface area contributed by atoms with Crippen LogP contribution in [0.2, 0.25) is 0 Å². The van der Waals surface area contributed by atoms with Crippen LogP contribution in [0.5, 0.6) is 11.5 Å². The summed E-state index contributed by atoms with van der Waals surface area (Å²) in [6.07, 6.45) is 1.75. The zero-order valence-corrected chi connectivity index (χ0v) is 29.3. The van der Waals surface area contributed by atoms with E-state index in [0.29, 0.717) is 39.4 Å². The quantitative estimate of drug-likeness (QED) is 0.114. The molecule has 4 aliphatic rings. The van der Waals surface area contributed by atoms with Gasteiger partial charge in [-0.25, -0.2) is 14.3 Å². The molecule has 1 saturated carbocycles. The predicted molar refractivity (Wildman–Crippen MR) is 193 cm³/mol. The van der Waals surface area contributed by atoms with Crippen molar-refractivity contribution in [3.05, 3.63) is 114 Å². The Morgan fingerprint density at radius 1 is 0.868 bits per heavy atom. The zero-order chi connectivity index (χ0) is 37.0. The van der Waals surface area contributed by atoms with E-state index in [1.807, 2.05) is 30.3 Å². The normalized spacial score (nSPS) is 27.9. The van der Waals surface area contributed by atoms with Gasteiger partial charge >= 0.3 is 0 Å². The number of fused-ring (bicyclic) bond motifs is 5. The van der Waals surface area contributed by atoms with Crippen molar-refractivity contribution in [2.24, 2.45) is 17.8 Å². The third-order valence-electron chi connectivity index (χ3n) is 11.1. The Hall–Kier alpha value is -5.52. The van der Waals surface area contributed by atoms with Crippen LogP contribution in [0.15, 0.2) is 107 Å². The molecule has 266 valence electrons. The second kappa shape index (κ2) is 11.7. The Morgan fingerprint density at radius 3 is 2.28 bits per heavy atom. The minimum atomic E-state index is -2.12. The summed E-state index contributed by atoms with van der Waals surface area (Å²) in [5, 5.41) is 10.5. The first-order valence-electron chi connectivity index (χ1n) is 16.9. The number of rotatable bonds is 5. The van der Waals surface area contributed by atoms with E-state index in [1.54, 1.807) is 30.3 Å². The van der Waals surface area contributed by atoms with Crippen LogP contribution in [-0.4, -0.2) is 50.6 Å². The molecule has 3 fully saturated rings. The number of benzene rings is 4. The van der Waals surface area contributed by atoms with Crippen molar-refractivity contribution in [2.75, 3.05) is 16.9 Å². The van der Waals surface area contributed by atoms with Crippen molar-refractivity contribution < 1.29 is 37.8 Å². The molecule has 2 aliphatic heterocycles. The Bertz CT molecular complexity index is 2400. The number of allylic oxidation sites excluding steroid dienone is 2. The van der Waals surface area contributed by atoms with Gasteiger partial charge in [-0.05, 0) is 97.1 Å². The topological polar surface area (TPSA) is 130 Å². The number of phenolic OH excluding ortho intramolecular Hbond substituents is 1. The summed E-state index contributed by atoms with van der Waals surface area (Å²) in [7, 11) is 1.37. The molecule has 0 spiro atoms. The molecule has 1 N–H and O–H groups in total. The number of carbonyl (C=O) groups excluding carboxylic acids is 4. The van der Waals surface area contributed by atoms with Gasteiger partial charge in [0.2, 0.25) is 17.7 Å². The number of methoxy groups -OCH3 is 1. The van der Waals surface area contributed by atoms with Crippen LogP contribution in [0.4, 0.5) is 15.8 Å². The number of amides is 4. The van der Waals surface area contributed by atoms with Crippen molar-refractivity contribution in [2.45, 2.75) is 28.5 Å². The lowest BCUT2D eigenvalue weighted by molar-refractivity contribution is -0.125. The van der Waals surface area contributed by atoms with Crippen LogP contribution in [-0.2, 0) is 19.2 Å². The molecular formula is C40H28Cl2FN3O7. The highest BCUT2D eigenvalue weighted by atomic mass is 35.5. The van der Waals surface area contributed by atoms with Crippen LogP contribution in [0.3, 0.4) is 0 Å². The monoisotopic (exact) mass is 751 g/mol. The number of halogens is 3. The summed E-state index contributed by atoms with van der Waals surface area (Å²) >= 11 is 14.9. The van der Waals surface area contributed by atoms with E-state index in [9.17, 15) is 28.7 Å². The number of para-hydroxylation sites is 2. The van der Waals surface area contributed by atoms with Gasteiger partial charge in [-0.2, -0.15) is 0 Å². The lowest BCUT2D eigenvalue weighted by Crippen LogP contribution is -2.60. The molecule has 9 rings (SSSR count). The molecule has 2 saturated heterocycles. The van der Waals surface area contributed by atoms with Gasteiger partial charge in [0.05, 0.1) is 30.3 Å². The lowest BCUT2D eigenvalue weighted by atomic mass is 9.56. The molecule has 4 amide bonds. The number of alkyl halides is 2. The van der Waals surface area contributed by atoms with Crippen molar-refractivity contribution in [3.63, 3.8) is 0 Å². The fourth-order valence-corrected chi connectivity index (χ4v) is 9.58. The van der Waals surface area contributed by atoms with Crippen molar-refractivity contribution in [1.82, 2.24) is 4.98 Å². The maximum Gasteiger partial charge on any atom is 0.258 e. The number of nitrogens with zero attached hydrogens (tertiary/aromatic N) is 3. The average Bonchev–Trinajstić information content (AvgIpc) is 3.75. The molecule has 10 nitrogen and oxygen atoms in total. The van der Waals surface area contributed by atoms with E-state index < -0.39 is 62.9 Å². The van der Waals surface area contributed by atoms with E-state index in [1.165, 1.54) is 31.4 Å². The van der Waals surface area contributed by atoms with Crippen molar-refractivity contribution >= 4 is 69.3 Å². The summed E-state index contributed by atoms with van der Waals surface area (Å²) < 4.78 is 25.2. The molecule has 13 heteroatoms. The lowest BCUT2D eigenvalue weighted by Gasteiger charge is -2.50. The molecular weight excluding hydrogens is 724 g/mol. The smallest absolute Gasteiger partial charge is 0.258 e. The second-order valence-electron chi connectivity index (χ2n) is 13.7. The molecule has 6 atom stereocenters. The van der Waals surface area contributed by atoms with Crippen LogP contribution in [0, 0.1) is 23.6 Å². The van der Waals surface area contributed by atoms with Crippen molar-refractivity contribution in [3.8, 4) is 23.0 Å². The van der Waals surface area contributed by atoms with Gasteiger partial charge in [-0.15, -0.1) is 23.2 Å². The highest BCUT2D eigenvalue weighted by molar-refractivity contribution is 6.58. The summed E-state index contributed by atoms with van der Waals surface area (Å²) in [6.45, 7) is 0. The number of aromatic hydroxyl groups is 1. The Balaban J connectivity index is 1.12. The fourth-order valence-electron chi connectivity index (χ4n) is 8.65. The van der Waals surface area contributed by atoms with Gasteiger partial charge in [0.1, 0.15) is 11.3 Å². The SMILES string of the molecule is COc1cc([C@H]2C3=CC[C@@H]4C(=O)N(c5ccc(-c6nc7ccccc7o6)cc5)C(=O)[C@@H]4[C@@H]3C[C@@]3(Cl)C(=O)N(c4ccc(F)cc4)C(=O)[C@@]23Cl)ccc1O. The molecule has 1 aromatic heterocycles. The van der Waals surface area contributed by atoms with Gasteiger partial charge < -0.3 is 14.3 Å².